The third-order valence-corrected chi connectivity index (χ3v) is 3.43. The summed E-state index contributed by atoms with van der Waals surface area (Å²) in [4.78, 5) is 10.9. The molecule has 0 aliphatic heterocycles. The number of rotatable bonds is 4. The van der Waals surface area contributed by atoms with Crippen LogP contribution in [-0.4, -0.2) is 12.0 Å². The highest BCUT2D eigenvalue weighted by atomic mass is 127. The number of primary amides is 1. The molecule has 82 valence electrons. The number of amides is 1. The van der Waals surface area contributed by atoms with Gasteiger partial charge in [0.2, 0.25) is 0 Å². The lowest BCUT2D eigenvalue weighted by Crippen LogP contribution is -2.32. The highest BCUT2D eigenvalue weighted by molar-refractivity contribution is 14.1. The van der Waals surface area contributed by atoms with Crippen LogP contribution in [0.1, 0.15) is 13.3 Å². The van der Waals surface area contributed by atoms with Crippen LogP contribution in [0.25, 0.3) is 0 Å². The molecule has 0 aromatic heterocycles. The van der Waals surface area contributed by atoms with Gasteiger partial charge in [0.1, 0.15) is 5.75 Å². The summed E-state index contributed by atoms with van der Waals surface area (Å²) in [6, 6.07) is 5.26. The molecule has 0 aliphatic rings. The van der Waals surface area contributed by atoms with Crippen molar-refractivity contribution >= 4 is 40.1 Å². The number of hydrogen-bond acceptors (Lipinski definition) is 2. The molecule has 15 heavy (non-hydrogen) atoms. The first-order chi connectivity index (χ1) is 7.04. The molecule has 0 radical (unpaired) electrons. The normalized spacial score (nSPS) is 12.2. The van der Waals surface area contributed by atoms with E-state index in [1.54, 1.807) is 12.1 Å². The number of halogens is 2. The summed E-state index contributed by atoms with van der Waals surface area (Å²) in [6.45, 7) is 1.84. The van der Waals surface area contributed by atoms with E-state index in [9.17, 15) is 4.79 Å². The maximum Gasteiger partial charge on any atom is 0.258 e. The van der Waals surface area contributed by atoms with Crippen LogP contribution in [0.4, 0.5) is 0 Å². The van der Waals surface area contributed by atoms with Crippen molar-refractivity contribution in [3.8, 4) is 5.75 Å². The molecule has 1 atom stereocenters. The SMILES string of the molecule is CCC(Oc1ccc(I)c(Cl)c1)C(N)=O. The van der Waals surface area contributed by atoms with E-state index in [0.29, 0.717) is 17.2 Å². The van der Waals surface area contributed by atoms with Gasteiger partial charge in [-0.05, 0) is 47.2 Å². The van der Waals surface area contributed by atoms with E-state index in [1.165, 1.54) is 0 Å². The van der Waals surface area contributed by atoms with Gasteiger partial charge in [0.15, 0.2) is 6.10 Å². The minimum atomic E-state index is -0.596. The quantitative estimate of drug-likeness (QED) is 0.857. The fourth-order valence-corrected chi connectivity index (χ4v) is 1.56. The molecule has 1 aromatic carbocycles. The molecular formula is C10H11ClINO2. The second-order valence-electron chi connectivity index (χ2n) is 2.99. The molecule has 0 spiro atoms. The van der Waals surface area contributed by atoms with Crippen molar-refractivity contribution in [2.75, 3.05) is 0 Å². The first kappa shape index (κ1) is 12.6. The van der Waals surface area contributed by atoms with E-state index in [-0.39, 0.29) is 0 Å². The number of ether oxygens (including phenoxy) is 1. The topological polar surface area (TPSA) is 52.3 Å². The van der Waals surface area contributed by atoms with Crippen LogP contribution in [0.15, 0.2) is 18.2 Å². The van der Waals surface area contributed by atoms with E-state index >= 15 is 0 Å². The molecular weight excluding hydrogens is 328 g/mol. The van der Waals surface area contributed by atoms with Crippen molar-refractivity contribution in [1.82, 2.24) is 0 Å². The van der Waals surface area contributed by atoms with Gasteiger partial charge in [-0.25, -0.2) is 0 Å². The third-order valence-electron chi connectivity index (χ3n) is 1.86. The number of carbonyl (C=O) groups is 1. The summed E-state index contributed by atoms with van der Waals surface area (Å²) in [5, 5.41) is 0.604. The molecule has 5 heteroatoms. The second-order valence-corrected chi connectivity index (χ2v) is 4.56. The van der Waals surface area contributed by atoms with E-state index < -0.39 is 12.0 Å². The number of carbonyl (C=O) groups excluding carboxylic acids is 1. The van der Waals surface area contributed by atoms with Crippen LogP contribution in [0.5, 0.6) is 5.75 Å². The standard InChI is InChI=1S/C10H11ClINO2/c1-2-9(10(13)14)15-6-3-4-8(12)7(11)5-6/h3-5,9H,2H2,1H3,(H2,13,14). The molecule has 1 aromatic rings. The number of hydrogen-bond donors (Lipinski definition) is 1. The number of nitrogens with two attached hydrogens (primary N) is 1. The summed E-state index contributed by atoms with van der Waals surface area (Å²) in [6.07, 6.45) is -0.0556. The lowest BCUT2D eigenvalue weighted by atomic mass is 10.2. The third kappa shape index (κ3) is 3.53. The fraction of sp³-hybridized carbons (Fsp3) is 0.300. The predicted octanol–water partition coefficient (Wildman–Crippen LogP) is 2.59. The van der Waals surface area contributed by atoms with Gasteiger partial charge in [-0.3, -0.25) is 4.79 Å². The van der Waals surface area contributed by atoms with Crippen LogP contribution in [0.2, 0.25) is 5.02 Å². The van der Waals surface area contributed by atoms with Gasteiger partial charge in [0.25, 0.3) is 5.91 Å². The average Bonchev–Trinajstić information content (AvgIpc) is 2.19. The van der Waals surface area contributed by atoms with Crippen LogP contribution in [-0.2, 0) is 4.79 Å². The Balaban J connectivity index is 2.80. The first-order valence-corrected chi connectivity index (χ1v) is 5.91. The average molecular weight is 340 g/mol. The molecule has 0 bridgehead atoms. The Morgan fingerprint density at radius 1 is 1.67 bits per heavy atom. The zero-order chi connectivity index (χ0) is 11.4. The van der Waals surface area contributed by atoms with Crippen molar-refractivity contribution in [3.63, 3.8) is 0 Å². The summed E-state index contributed by atoms with van der Waals surface area (Å²) in [5.74, 6) is 0.0956. The van der Waals surface area contributed by atoms with Gasteiger partial charge >= 0.3 is 0 Å². The Morgan fingerprint density at radius 2 is 2.33 bits per heavy atom. The zero-order valence-electron chi connectivity index (χ0n) is 8.17. The van der Waals surface area contributed by atoms with Gasteiger partial charge in [-0.2, -0.15) is 0 Å². The molecule has 0 fully saturated rings. The van der Waals surface area contributed by atoms with E-state index in [1.807, 2.05) is 13.0 Å². The van der Waals surface area contributed by atoms with E-state index in [2.05, 4.69) is 22.6 Å². The van der Waals surface area contributed by atoms with Gasteiger partial charge < -0.3 is 10.5 Å². The number of benzene rings is 1. The molecule has 2 N–H and O–H groups in total. The van der Waals surface area contributed by atoms with Crippen LogP contribution in [0, 0.1) is 3.57 Å². The van der Waals surface area contributed by atoms with Crippen molar-refractivity contribution in [2.45, 2.75) is 19.4 Å². The van der Waals surface area contributed by atoms with Gasteiger partial charge in [-0.15, -0.1) is 0 Å². The smallest absolute Gasteiger partial charge is 0.258 e. The highest BCUT2D eigenvalue weighted by Gasteiger charge is 2.14. The first-order valence-electron chi connectivity index (χ1n) is 4.45. The lowest BCUT2D eigenvalue weighted by molar-refractivity contribution is -0.124. The summed E-state index contributed by atoms with van der Waals surface area (Å²) in [5.41, 5.74) is 5.16. The van der Waals surface area contributed by atoms with Gasteiger partial charge in [0, 0.05) is 3.57 Å². The molecule has 0 saturated carbocycles. The molecule has 0 heterocycles. The zero-order valence-corrected chi connectivity index (χ0v) is 11.1. The Bertz CT molecular complexity index is 370. The maximum absolute atomic E-state index is 10.9. The Labute approximate surface area is 107 Å². The summed E-state index contributed by atoms with van der Waals surface area (Å²) in [7, 11) is 0. The summed E-state index contributed by atoms with van der Waals surface area (Å²) >= 11 is 8.03. The largest absolute Gasteiger partial charge is 0.481 e. The highest BCUT2D eigenvalue weighted by Crippen LogP contribution is 2.24. The molecule has 1 rings (SSSR count). The van der Waals surface area contributed by atoms with E-state index in [0.717, 1.165) is 3.57 Å². The van der Waals surface area contributed by atoms with Crippen LogP contribution in [0.3, 0.4) is 0 Å². The minimum Gasteiger partial charge on any atom is -0.481 e. The molecule has 1 amide bonds. The Morgan fingerprint density at radius 3 is 2.80 bits per heavy atom. The second kappa shape index (κ2) is 5.55. The van der Waals surface area contributed by atoms with Gasteiger partial charge in [-0.1, -0.05) is 18.5 Å². The summed E-state index contributed by atoms with van der Waals surface area (Å²) < 4.78 is 6.34. The van der Waals surface area contributed by atoms with Gasteiger partial charge in [0.05, 0.1) is 5.02 Å². The predicted molar refractivity (Wildman–Crippen MR) is 68.1 cm³/mol. The molecule has 3 nitrogen and oxygen atoms in total. The minimum absolute atomic E-state index is 0.466. The molecule has 0 aliphatic carbocycles. The van der Waals surface area contributed by atoms with Crippen molar-refractivity contribution < 1.29 is 9.53 Å². The van der Waals surface area contributed by atoms with Crippen molar-refractivity contribution in [2.24, 2.45) is 5.73 Å². The van der Waals surface area contributed by atoms with Crippen LogP contribution < -0.4 is 10.5 Å². The fourth-order valence-electron chi connectivity index (χ4n) is 1.06. The molecule has 1 unspecified atom stereocenters. The van der Waals surface area contributed by atoms with Crippen LogP contribution >= 0.6 is 34.2 Å². The monoisotopic (exact) mass is 339 g/mol. The lowest BCUT2D eigenvalue weighted by Gasteiger charge is -2.14. The van der Waals surface area contributed by atoms with Crippen molar-refractivity contribution in [3.05, 3.63) is 26.8 Å². The van der Waals surface area contributed by atoms with Crippen molar-refractivity contribution in [1.29, 1.82) is 0 Å². The van der Waals surface area contributed by atoms with E-state index in [4.69, 9.17) is 22.1 Å². The maximum atomic E-state index is 10.9. The Kier molecular flexibility index (Phi) is 4.66. The Hall–Kier alpha value is -0.490. The molecule has 0 saturated heterocycles.